The maximum atomic E-state index is 13.8. The van der Waals surface area contributed by atoms with E-state index in [9.17, 15) is 13.2 Å². The molecule has 1 aromatic carbocycles. The molecule has 0 amide bonds. The van der Waals surface area contributed by atoms with Gasteiger partial charge in [-0.3, -0.25) is 4.99 Å². The van der Waals surface area contributed by atoms with Crippen molar-refractivity contribution in [3.8, 4) is 0 Å². The molecule has 2 aliphatic heterocycles. The lowest BCUT2D eigenvalue weighted by atomic mass is 9.80. The van der Waals surface area contributed by atoms with Crippen molar-refractivity contribution in [3.05, 3.63) is 57.4 Å². The summed E-state index contributed by atoms with van der Waals surface area (Å²) in [4.78, 5) is 5.89. The lowest BCUT2D eigenvalue weighted by Crippen LogP contribution is -2.23. The maximum Gasteiger partial charge on any atom is 0.194 e. The van der Waals surface area contributed by atoms with Gasteiger partial charge in [0.05, 0.1) is 5.70 Å². The summed E-state index contributed by atoms with van der Waals surface area (Å²) in [7, 11) is 0. The number of hydrogen-bond acceptors (Lipinski definition) is 2. The van der Waals surface area contributed by atoms with Crippen LogP contribution in [0.4, 0.5) is 13.2 Å². The second-order valence-electron chi connectivity index (χ2n) is 6.10. The summed E-state index contributed by atoms with van der Waals surface area (Å²) in [5.41, 5.74) is 3.62. The Hall–Kier alpha value is -1.49. The Morgan fingerprint density at radius 2 is 1.83 bits per heavy atom. The van der Waals surface area contributed by atoms with Gasteiger partial charge in [-0.2, -0.15) is 0 Å². The molecule has 23 heavy (non-hydrogen) atoms. The molecular formula is C18H16F3NS. The fourth-order valence-corrected chi connectivity index (χ4v) is 4.81. The molecule has 1 unspecified atom stereocenters. The molecule has 0 aromatic heterocycles. The number of thioether (sulfide) groups is 1. The fourth-order valence-electron chi connectivity index (χ4n) is 3.56. The van der Waals surface area contributed by atoms with Crippen LogP contribution in [0.2, 0.25) is 0 Å². The average Bonchev–Trinajstić information content (AvgIpc) is 2.57. The first-order valence-corrected chi connectivity index (χ1v) is 8.92. The number of fused-ring (bicyclic) bond motifs is 1. The molecule has 3 aliphatic rings. The van der Waals surface area contributed by atoms with E-state index in [1.807, 2.05) is 0 Å². The van der Waals surface area contributed by atoms with Crippen LogP contribution in [-0.2, 0) is 0 Å². The van der Waals surface area contributed by atoms with Gasteiger partial charge in [-0.15, -0.1) is 11.8 Å². The molecule has 0 fully saturated rings. The highest BCUT2D eigenvalue weighted by Crippen LogP contribution is 2.49. The smallest absolute Gasteiger partial charge is 0.194 e. The second kappa shape index (κ2) is 5.86. The molecule has 5 heteroatoms. The van der Waals surface area contributed by atoms with Gasteiger partial charge in [0.25, 0.3) is 0 Å². The lowest BCUT2D eigenvalue weighted by molar-refractivity contribution is 0.445. The van der Waals surface area contributed by atoms with Crippen LogP contribution in [-0.4, -0.2) is 11.5 Å². The van der Waals surface area contributed by atoms with Crippen molar-refractivity contribution in [2.45, 2.75) is 38.0 Å². The van der Waals surface area contributed by atoms with Gasteiger partial charge in [0.2, 0.25) is 0 Å². The first-order chi connectivity index (χ1) is 11.1. The highest BCUT2D eigenvalue weighted by molar-refractivity contribution is 8.03. The van der Waals surface area contributed by atoms with Gasteiger partial charge in [0.15, 0.2) is 17.5 Å². The van der Waals surface area contributed by atoms with Gasteiger partial charge in [0, 0.05) is 16.5 Å². The number of allylic oxidation sites excluding steroid dienone is 4. The highest BCUT2D eigenvalue weighted by atomic mass is 32.2. The van der Waals surface area contributed by atoms with E-state index in [2.05, 4.69) is 6.08 Å². The zero-order chi connectivity index (χ0) is 16.0. The van der Waals surface area contributed by atoms with Gasteiger partial charge in [-0.05, 0) is 61.1 Å². The van der Waals surface area contributed by atoms with Crippen LogP contribution in [0.1, 0.15) is 43.6 Å². The zero-order valence-electron chi connectivity index (χ0n) is 12.5. The molecule has 0 saturated heterocycles. The number of benzene rings is 1. The maximum absolute atomic E-state index is 13.8. The van der Waals surface area contributed by atoms with Crippen LogP contribution in [0, 0.1) is 17.5 Å². The minimum Gasteiger partial charge on any atom is -0.257 e. The van der Waals surface area contributed by atoms with Gasteiger partial charge in [0.1, 0.15) is 0 Å². The molecular weight excluding hydrogens is 319 g/mol. The van der Waals surface area contributed by atoms with E-state index in [1.165, 1.54) is 0 Å². The van der Waals surface area contributed by atoms with Crippen LogP contribution in [0.25, 0.3) is 0 Å². The lowest BCUT2D eigenvalue weighted by Gasteiger charge is -2.34. The van der Waals surface area contributed by atoms with Gasteiger partial charge < -0.3 is 0 Å². The van der Waals surface area contributed by atoms with Gasteiger partial charge >= 0.3 is 0 Å². The fraction of sp³-hybridized carbons (Fsp3) is 0.389. The molecule has 0 spiro atoms. The minimum absolute atomic E-state index is 0.201. The SMILES string of the molecule is Fc1cc(C2C3=CCCCC3=NC3=C2SCCC3)cc(F)c1F. The molecule has 1 aromatic rings. The van der Waals surface area contributed by atoms with Crippen molar-refractivity contribution in [1.82, 2.24) is 0 Å². The Morgan fingerprint density at radius 3 is 2.61 bits per heavy atom. The van der Waals surface area contributed by atoms with Gasteiger partial charge in [-0.1, -0.05) is 6.08 Å². The number of aliphatic imine (C=N–C) groups is 1. The normalized spacial score (nSPS) is 23.9. The topological polar surface area (TPSA) is 12.4 Å². The summed E-state index contributed by atoms with van der Waals surface area (Å²) in [6.07, 6.45) is 7.00. The first-order valence-electron chi connectivity index (χ1n) is 7.93. The van der Waals surface area contributed by atoms with E-state index < -0.39 is 17.5 Å². The monoisotopic (exact) mass is 335 g/mol. The van der Waals surface area contributed by atoms with E-state index >= 15 is 0 Å². The van der Waals surface area contributed by atoms with Crippen LogP contribution in [0.5, 0.6) is 0 Å². The summed E-state index contributed by atoms with van der Waals surface area (Å²) in [5, 5.41) is 0. The number of rotatable bonds is 1. The molecule has 4 rings (SSSR count). The van der Waals surface area contributed by atoms with Crippen molar-refractivity contribution in [1.29, 1.82) is 0 Å². The summed E-state index contributed by atoms with van der Waals surface area (Å²) >= 11 is 1.71. The number of nitrogens with zero attached hydrogens (tertiary/aromatic N) is 1. The average molecular weight is 335 g/mol. The zero-order valence-corrected chi connectivity index (χ0v) is 13.4. The van der Waals surface area contributed by atoms with Crippen LogP contribution >= 0.6 is 11.8 Å². The highest BCUT2D eigenvalue weighted by Gasteiger charge is 2.34. The van der Waals surface area contributed by atoms with E-state index in [-0.39, 0.29) is 5.92 Å². The first kappa shape index (κ1) is 15.1. The Labute approximate surface area is 137 Å². The van der Waals surface area contributed by atoms with Crippen molar-refractivity contribution in [3.63, 3.8) is 0 Å². The molecule has 1 nitrogen and oxygen atoms in total. The Morgan fingerprint density at radius 1 is 1.04 bits per heavy atom. The van der Waals surface area contributed by atoms with E-state index in [1.54, 1.807) is 11.8 Å². The number of halogens is 3. The van der Waals surface area contributed by atoms with Crippen molar-refractivity contribution in [2.75, 3.05) is 5.75 Å². The molecule has 0 saturated carbocycles. The molecule has 2 heterocycles. The Balaban J connectivity index is 1.89. The third-order valence-electron chi connectivity index (χ3n) is 4.60. The molecule has 1 atom stereocenters. The summed E-state index contributed by atoms with van der Waals surface area (Å²) in [6.45, 7) is 0. The number of hydrogen-bond donors (Lipinski definition) is 0. The van der Waals surface area contributed by atoms with Crippen LogP contribution in [0.15, 0.2) is 39.4 Å². The van der Waals surface area contributed by atoms with Crippen molar-refractivity contribution >= 4 is 17.5 Å². The molecule has 0 radical (unpaired) electrons. The third kappa shape index (κ3) is 2.55. The van der Waals surface area contributed by atoms with Gasteiger partial charge in [-0.25, -0.2) is 13.2 Å². The Kier molecular flexibility index (Phi) is 3.84. The largest absolute Gasteiger partial charge is 0.257 e. The summed E-state index contributed by atoms with van der Waals surface area (Å²) < 4.78 is 40.8. The Bertz CT molecular complexity index is 741. The second-order valence-corrected chi connectivity index (χ2v) is 7.24. The standard InChI is InChI=1S/C18H16F3NS/c19-12-8-10(9-13(20)17(12)21)16-11-4-1-2-5-14(11)22-15-6-3-7-23-18(15)16/h4,8-9,16H,1-3,5-7H2. The van der Waals surface area contributed by atoms with Crippen LogP contribution in [0.3, 0.4) is 0 Å². The summed E-state index contributed by atoms with van der Waals surface area (Å²) in [5.74, 6) is -2.86. The molecule has 0 N–H and O–H groups in total. The molecule has 120 valence electrons. The quantitative estimate of drug-likeness (QED) is 0.618. The van der Waals surface area contributed by atoms with E-state index in [4.69, 9.17) is 4.99 Å². The summed E-state index contributed by atoms with van der Waals surface area (Å²) in [6, 6.07) is 2.28. The van der Waals surface area contributed by atoms with Crippen LogP contribution < -0.4 is 0 Å². The van der Waals surface area contributed by atoms with E-state index in [0.29, 0.717) is 5.56 Å². The predicted molar refractivity (Wildman–Crippen MR) is 87.1 cm³/mol. The molecule has 0 bridgehead atoms. The molecule has 1 aliphatic carbocycles. The van der Waals surface area contributed by atoms with Crippen molar-refractivity contribution < 1.29 is 13.2 Å². The van der Waals surface area contributed by atoms with E-state index in [0.717, 1.165) is 71.9 Å². The van der Waals surface area contributed by atoms with Crippen molar-refractivity contribution in [2.24, 2.45) is 4.99 Å². The minimum atomic E-state index is -1.40. The third-order valence-corrected chi connectivity index (χ3v) is 5.87. The predicted octanol–water partition coefficient (Wildman–Crippen LogP) is 5.49.